The third kappa shape index (κ3) is 19.4. The molecular weight excluding hydrogens is 1450 g/mol. The van der Waals surface area contributed by atoms with E-state index in [1.807, 2.05) is 51.6 Å². The molecule has 29 nitrogen and oxygen atoms in total. The maximum Gasteiger partial charge on any atom is 0.321 e. The fourth-order valence-electron chi connectivity index (χ4n) is 19.3. The van der Waals surface area contributed by atoms with Crippen LogP contribution >= 0.6 is 0 Å². The number of aliphatic hydroxyl groups is 8. The van der Waals surface area contributed by atoms with Crippen molar-refractivity contribution >= 4 is 47.3 Å². The van der Waals surface area contributed by atoms with Gasteiger partial charge in [0.15, 0.2) is 29.6 Å². The molecule has 1 aromatic carbocycles. The zero-order chi connectivity index (χ0) is 82.7. The topological polar surface area (TPSA) is 423 Å². The van der Waals surface area contributed by atoms with Crippen LogP contribution in [0.2, 0.25) is 0 Å². The SMILES string of the molecule is CCC1OC(=O)C(C)C(OC2CC(C)(O)C(O)C(C)O2)C(C)C(OC2OC(C)CC(N(C)C)C2O)C(C)(O)CC(C)CN(CCCNC(=O)CNC(=O)C(CC(C)C)NC(=O)C(Cc2ccccc2)NC(=O)CNC(=O)NC(=O)[C@@]2(O)[C@H](C)CC3C4C[C@H](F)C5=CC(=O)C=C[C@]5(C)[C@@]4(F)[C@@H](O)C[C@@]32C)C(C)C(O)C1(C)O. The van der Waals surface area contributed by atoms with Gasteiger partial charge in [-0.25, -0.2) is 13.6 Å². The summed E-state index contributed by atoms with van der Waals surface area (Å²) in [6.07, 6.45) is -12.1. The molecule has 4 aliphatic carbocycles. The van der Waals surface area contributed by atoms with Gasteiger partial charge in [-0.3, -0.25) is 43.8 Å². The highest BCUT2D eigenvalue weighted by molar-refractivity contribution is 6.02. The first-order valence-electron chi connectivity index (χ1n) is 39.5. The first-order valence-corrected chi connectivity index (χ1v) is 39.5. The van der Waals surface area contributed by atoms with E-state index in [0.29, 0.717) is 12.0 Å². The number of esters is 1. The second-order valence-electron chi connectivity index (χ2n) is 34.9. The number of imide groups is 1. The van der Waals surface area contributed by atoms with Crippen LogP contribution in [0.1, 0.15) is 167 Å². The quantitative estimate of drug-likeness (QED) is 0.0553. The normalized spacial score (nSPS) is 40.9. The highest BCUT2D eigenvalue weighted by Crippen LogP contribution is 2.71. The molecule has 626 valence electrons. The zero-order valence-corrected chi connectivity index (χ0v) is 67.5. The second kappa shape index (κ2) is 36.0. The van der Waals surface area contributed by atoms with Crippen molar-refractivity contribution in [1.29, 1.82) is 0 Å². The van der Waals surface area contributed by atoms with Gasteiger partial charge in [-0.1, -0.05) is 84.9 Å². The van der Waals surface area contributed by atoms with Gasteiger partial charge in [0.25, 0.3) is 5.91 Å². The predicted molar refractivity (Wildman–Crippen MR) is 402 cm³/mol. The molecular formula is C80H126F2N8O21. The highest BCUT2D eigenvalue weighted by atomic mass is 19.1. The van der Waals surface area contributed by atoms with E-state index in [2.05, 4.69) is 31.9 Å². The minimum atomic E-state index is -2.49. The molecule has 3 heterocycles. The Morgan fingerprint density at radius 1 is 0.766 bits per heavy atom. The number of urea groups is 1. The van der Waals surface area contributed by atoms with E-state index >= 15 is 8.78 Å². The van der Waals surface area contributed by atoms with Gasteiger partial charge < -0.3 is 96.0 Å². The van der Waals surface area contributed by atoms with Crippen LogP contribution in [0.25, 0.3) is 0 Å². The number of benzene rings is 1. The third-order valence-electron chi connectivity index (χ3n) is 25.4. The van der Waals surface area contributed by atoms with Crippen molar-refractivity contribution in [2.24, 2.45) is 52.3 Å². The Morgan fingerprint density at radius 2 is 1.42 bits per heavy atom. The molecule has 111 heavy (non-hydrogen) atoms. The number of likely N-dealkylation sites (N-methyl/N-ethyl adjacent to an activating group) is 1. The van der Waals surface area contributed by atoms with E-state index in [1.165, 1.54) is 40.7 Å². The summed E-state index contributed by atoms with van der Waals surface area (Å²) in [5, 5.41) is 111. The molecule has 3 saturated carbocycles. The number of nitrogens with one attached hydrogen (secondary N) is 6. The first kappa shape index (κ1) is 90.5. The average Bonchev–Trinajstić information content (AvgIpc) is 1.56. The highest BCUT2D eigenvalue weighted by Gasteiger charge is 2.77. The van der Waals surface area contributed by atoms with Crippen LogP contribution in [-0.4, -0.2) is 271 Å². The number of ether oxygens (including phenoxy) is 5. The maximum absolute atomic E-state index is 17.8. The van der Waals surface area contributed by atoms with Crippen LogP contribution in [0.15, 0.2) is 54.1 Å². The molecule has 3 aliphatic heterocycles. The van der Waals surface area contributed by atoms with E-state index in [0.717, 1.165) is 12.2 Å². The maximum atomic E-state index is 17.8. The number of amides is 7. The summed E-state index contributed by atoms with van der Waals surface area (Å²) in [7, 11) is 3.64. The summed E-state index contributed by atoms with van der Waals surface area (Å²) in [6.45, 7) is 23.4. The Kier molecular flexibility index (Phi) is 29.4. The lowest BCUT2D eigenvalue weighted by atomic mass is 9.44. The van der Waals surface area contributed by atoms with Crippen molar-refractivity contribution < 1.29 is 112 Å². The molecule has 1 aromatic rings. The number of ketones is 1. The smallest absolute Gasteiger partial charge is 0.321 e. The molecule has 8 rings (SSSR count). The van der Waals surface area contributed by atoms with Gasteiger partial charge in [0, 0.05) is 67.2 Å². The summed E-state index contributed by atoms with van der Waals surface area (Å²) in [5.41, 5.74) is -13.3. The van der Waals surface area contributed by atoms with Crippen molar-refractivity contribution in [1.82, 2.24) is 41.7 Å². The molecule has 0 aromatic heterocycles. The number of hydrogen-bond acceptors (Lipinski definition) is 23. The number of alkyl halides is 2. The van der Waals surface area contributed by atoms with Crippen LogP contribution in [-0.2, 0) is 63.7 Å². The number of cyclic esters (lactones) is 1. The van der Waals surface area contributed by atoms with Crippen LogP contribution in [0.4, 0.5) is 13.6 Å². The number of fused-ring (bicyclic) bond motifs is 5. The number of hydrogen-bond donors (Lipinski definition) is 14. The Bertz CT molecular complexity index is 3520. The van der Waals surface area contributed by atoms with E-state index in [9.17, 15) is 79.2 Å². The molecule has 14 N–H and O–H groups in total. The van der Waals surface area contributed by atoms with Gasteiger partial charge in [-0.05, 0) is 168 Å². The van der Waals surface area contributed by atoms with Crippen molar-refractivity contribution in [3.05, 3.63) is 59.7 Å². The first-order chi connectivity index (χ1) is 51.6. The van der Waals surface area contributed by atoms with Crippen molar-refractivity contribution in [2.75, 3.05) is 46.8 Å². The van der Waals surface area contributed by atoms with Gasteiger partial charge in [0.1, 0.15) is 48.3 Å². The molecule has 31 heteroatoms. The Labute approximate surface area is 650 Å². The number of carbonyl (C=O) groups excluding carboxylic acids is 8. The number of aliphatic hydroxyl groups excluding tert-OH is 4. The fourth-order valence-corrected chi connectivity index (χ4v) is 19.3. The van der Waals surface area contributed by atoms with Gasteiger partial charge in [0.05, 0.1) is 60.7 Å². The molecule has 22 unspecified atom stereocenters. The van der Waals surface area contributed by atoms with E-state index in [1.54, 1.807) is 71.9 Å². The van der Waals surface area contributed by atoms with Crippen LogP contribution < -0.4 is 31.9 Å². The van der Waals surface area contributed by atoms with Crippen molar-refractivity contribution in [2.45, 2.75) is 294 Å². The summed E-state index contributed by atoms with van der Waals surface area (Å²) < 4.78 is 65.9. The lowest BCUT2D eigenvalue weighted by Gasteiger charge is -2.63. The Morgan fingerprint density at radius 3 is 2.05 bits per heavy atom. The molecule has 0 bridgehead atoms. The van der Waals surface area contributed by atoms with Gasteiger partial charge in [-0.15, -0.1) is 0 Å². The molecule has 3 saturated heterocycles. The number of halogens is 2. The fraction of sp³-hybridized carbons (Fsp3) is 0.775. The summed E-state index contributed by atoms with van der Waals surface area (Å²) >= 11 is 0. The van der Waals surface area contributed by atoms with Gasteiger partial charge in [0.2, 0.25) is 23.6 Å². The third-order valence-corrected chi connectivity index (χ3v) is 25.4. The van der Waals surface area contributed by atoms with E-state index < -0.39 is 246 Å². The average molecular weight is 1570 g/mol. The molecule has 29 atom stereocenters. The Hall–Kier alpha value is -6.04. The summed E-state index contributed by atoms with van der Waals surface area (Å²) in [5.74, 6) is -11.5. The van der Waals surface area contributed by atoms with Crippen LogP contribution in [0.5, 0.6) is 0 Å². The number of allylic oxidation sites excluding steroid dienone is 4. The van der Waals surface area contributed by atoms with E-state index in [-0.39, 0.29) is 76.1 Å². The molecule has 0 spiro atoms. The Balaban J connectivity index is 0.906. The van der Waals surface area contributed by atoms with Crippen molar-refractivity contribution in [3.8, 4) is 0 Å². The van der Waals surface area contributed by atoms with Gasteiger partial charge >= 0.3 is 12.0 Å². The number of rotatable bonds is 23. The molecule has 7 aliphatic rings. The predicted octanol–water partition coefficient (Wildman–Crippen LogP) is 2.62. The summed E-state index contributed by atoms with van der Waals surface area (Å²) in [6, 6.07) is 3.47. The zero-order valence-electron chi connectivity index (χ0n) is 67.5. The van der Waals surface area contributed by atoms with Crippen molar-refractivity contribution in [3.63, 3.8) is 0 Å². The standard InChI is InChI=1S/C80H126F2N8O21/c1-18-59-78(15,105)65(96)47(9)90(40-42(4)35-77(14,104)67(111-71-63(95)57(89(16)17)31-44(6)107-71)45(7)64(46(8)70(100)109-59)110-62-37-76(13,103)66(97)48(10)108-62)28-22-27-83-60(93)38-84-68(98)55(29-41(2)3)87-69(99)56(32-49-23-20-19-21-24-49)86-61(94)39-85-73(102)88-72(101)80(106)43(5)30-51-52-34-54(81)53-33-50(91)25-26-74(53,11)79(52,82)58(92)36-75(51,80)12/h19-21,23-26,33,41-48,51-52,54-59,62-67,71,92,95-97,103-106H,18,22,27-32,34-40H2,1-17H3,(H,83,93)(H,84,98)(H,86,94)(H,87,99)(H2,85,88,101,102)/t42?,43-,44?,45?,46?,47?,48?,51?,52?,54+,55?,56?,57?,58+,59?,62?,63?,64?,65?,66?,67?,71?,74+,75+,76?,77?,78?,79+,80+/m1/s1. The second-order valence-corrected chi connectivity index (χ2v) is 34.9. The minimum Gasteiger partial charge on any atom is -0.459 e. The summed E-state index contributed by atoms with van der Waals surface area (Å²) in [4.78, 5) is 114. The lowest BCUT2D eigenvalue weighted by molar-refractivity contribution is -0.316. The number of nitrogens with zero attached hydrogens (tertiary/aromatic N) is 2. The molecule has 0 radical (unpaired) electrons. The minimum absolute atomic E-state index is 0.000243. The largest absolute Gasteiger partial charge is 0.459 e. The van der Waals surface area contributed by atoms with Gasteiger partial charge in [-0.2, -0.15) is 0 Å². The van der Waals surface area contributed by atoms with Crippen LogP contribution in [0.3, 0.4) is 0 Å². The van der Waals surface area contributed by atoms with Crippen LogP contribution in [0, 0.1) is 52.3 Å². The monoisotopic (exact) mass is 1570 g/mol. The number of carbonyl (C=O) groups is 8. The lowest BCUT2D eigenvalue weighted by Crippen LogP contribution is -2.71. The molecule has 7 amide bonds. The molecule has 6 fully saturated rings. The van der Waals surface area contributed by atoms with E-state index in [4.69, 9.17) is 23.7 Å².